The van der Waals surface area contributed by atoms with Crippen molar-refractivity contribution in [3.05, 3.63) is 63.6 Å². The van der Waals surface area contributed by atoms with Gasteiger partial charge in [0.2, 0.25) is 5.13 Å². The number of nitrogens with zero attached hydrogens (tertiary/aromatic N) is 2. The first kappa shape index (κ1) is 15.1. The molecule has 0 radical (unpaired) electrons. The van der Waals surface area contributed by atoms with Gasteiger partial charge in [0.1, 0.15) is 5.01 Å². The van der Waals surface area contributed by atoms with Gasteiger partial charge in [0.05, 0.1) is 0 Å². The fourth-order valence-corrected chi connectivity index (χ4v) is 2.89. The number of rotatable bonds is 3. The summed E-state index contributed by atoms with van der Waals surface area (Å²) in [5.41, 5.74) is 1.47. The van der Waals surface area contributed by atoms with E-state index in [2.05, 4.69) is 31.4 Å². The molecular weight excluding hydrogens is 386 g/mol. The lowest BCUT2D eigenvalue weighted by Crippen LogP contribution is -2.11. The molecule has 0 unspecified atom stereocenters. The van der Waals surface area contributed by atoms with E-state index >= 15 is 0 Å². The van der Waals surface area contributed by atoms with E-state index < -0.39 is 0 Å². The normalized spacial score (nSPS) is 10.5. The van der Waals surface area contributed by atoms with Gasteiger partial charge in [-0.05, 0) is 36.4 Å². The first-order valence-electron chi connectivity index (χ1n) is 6.28. The van der Waals surface area contributed by atoms with E-state index in [9.17, 15) is 4.79 Å². The number of carbonyl (C=O) groups excluding carboxylic acids is 1. The molecule has 0 aliphatic carbocycles. The van der Waals surface area contributed by atoms with Gasteiger partial charge in [0.15, 0.2) is 0 Å². The summed E-state index contributed by atoms with van der Waals surface area (Å²) < 4.78 is 0.921. The summed E-state index contributed by atoms with van der Waals surface area (Å²) >= 11 is 10.5. The quantitative estimate of drug-likeness (QED) is 0.689. The fourth-order valence-electron chi connectivity index (χ4n) is 1.75. The van der Waals surface area contributed by atoms with Crippen molar-refractivity contribution >= 4 is 49.9 Å². The summed E-state index contributed by atoms with van der Waals surface area (Å²) in [6.07, 6.45) is 0. The lowest BCUT2D eigenvalue weighted by Gasteiger charge is -2.00. The molecule has 22 heavy (non-hydrogen) atoms. The van der Waals surface area contributed by atoms with Gasteiger partial charge in [-0.2, -0.15) is 0 Å². The third-order valence-electron chi connectivity index (χ3n) is 2.84. The molecule has 3 rings (SSSR count). The highest BCUT2D eigenvalue weighted by Crippen LogP contribution is 2.27. The van der Waals surface area contributed by atoms with Crippen molar-refractivity contribution in [1.29, 1.82) is 0 Å². The van der Waals surface area contributed by atoms with Crippen LogP contribution in [0.3, 0.4) is 0 Å². The van der Waals surface area contributed by atoms with Gasteiger partial charge in [-0.25, -0.2) is 0 Å². The molecule has 1 N–H and O–H groups in total. The number of benzene rings is 2. The number of amides is 1. The number of anilines is 1. The molecule has 1 amide bonds. The van der Waals surface area contributed by atoms with Crippen LogP contribution in [0, 0.1) is 0 Å². The number of halogens is 2. The maximum atomic E-state index is 12.1. The molecule has 0 spiro atoms. The van der Waals surface area contributed by atoms with Gasteiger partial charge in [-0.1, -0.05) is 51.0 Å². The number of hydrogen-bond donors (Lipinski definition) is 1. The van der Waals surface area contributed by atoms with Crippen molar-refractivity contribution in [3.8, 4) is 10.6 Å². The number of nitrogens with one attached hydrogen (secondary N) is 1. The van der Waals surface area contributed by atoms with Gasteiger partial charge in [0.25, 0.3) is 5.91 Å². The van der Waals surface area contributed by atoms with Crippen LogP contribution in [0.4, 0.5) is 5.13 Å². The summed E-state index contributed by atoms with van der Waals surface area (Å²) in [6, 6.07) is 14.4. The molecule has 0 aliphatic heterocycles. The molecule has 7 heteroatoms. The van der Waals surface area contributed by atoms with Crippen molar-refractivity contribution < 1.29 is 4.79 Å². The van der Waals surface area contributed by atoms with Gasteiger partial charge in [-0.15, -0.1) is 10.2 Å². The Morgan fingerprint density at radius 1 is 1.05 bits per heavy atom. The Hall–Kier alpha value is -1.76. The zero-order valence-corrected chi connectivity index (χ0v) is 14.2. The van der Waals surface area contributed by atoms with Crippen LogP contribution in [-0.2, 0) is 0 Å². The Kier molecular flexibility index (Phi) is 4.52. The van der Waals surface area contributed by atoms with Crippen LogP contribution in [0.15, 0.2) is 53.0 Å². The van der Waals surface area contributed by atoms with E-state index in [4.69, 9.17) is 11.6 Å². The molecule has 1 aromatic heterocycles. The van der Waals surface area contributed by atoms with Crippen molar-refractivity contribution in [2.45, 2.75) is 0 Å². The molecule has 0 fully saturated rings. The van der Waals surface area contributed by atoms with E-state index in [0.29, 0.717) is 15.7 Å². The SMILES string of the molecule is O=C(Nc1nnc(-c2ccc(Cl)cc2)s1)c1ccc(Br)cc1. The van der Waals surface area contributed by atoms with Crippen LogP contribution in [0.25, 0.3) is 10.6 Å². The minimum atomic E-state index is -0.216. The number of aromatic nitrogens is 2. The molecule has 4 nitrogen and oxygen atoms in total. The summed E-state index contributed by atoms with van der Waals surface area (Å²) in [6.45, 7) is 0. The lowest BCUT2D eigenvalue weighted by atomic mass is 10.2. The monoisotopic (exact) mass is 393 g/mol. The predicted octanol–water partition coefficient (Wildman–Crippen LogP) is 4.87. The van der Waals surface area contributed by atoms with Crippen LogP contribution in [0.1, 0.15) is 10.4 Å². The maximum absolute atomic E-state index is 12.1. The van der Waals surface area contributed by atoms with Crippen molar-refractivity contribution in [2.75, 3.05) is 5.32 Å². The summed E-state index contributed by atoms with van der Waals surface area (Å²) in [5, 5.41) is 12.7. The first-order chi connectivity index (χ1) is 10.6. The standard InChI is InChI=1S/C15H9BrClN3OS/c16-11-5-1-9(2-6-11)13(21)18-15-20-19-14(22-15)10-3-7-12(17)8-4-10/h1-8H,(H,18,20,21). The van der Waals surface area contributed by atoms with Gasteiger partial charge in [0, 0.05) is 20.6 Å². The topological polar surface area (TPSA) is 54.9 Å². The number of hydrogen-bond acceptors (Lipinski definition) is 4. The van der Waals surface area contributed by atoms with Crippen LogP contribution in [0.5, 0.6) is 0 Å². The Labute approximate surface area is 144 Å². The first-order valence-corrected chi connectivity index (χ1v) is 8.27. The van der Waals surface area contributed by atoms with Crippen molar-refractivity contribution in [3.63, 3.8) is 0 Å². The van der Waals surface area contributed by atoms with Gasteiger partial charge >= 0.3 is 0 Å². The van der Waals surface area contributed by atoms with Crippen molar-refractivity contribution in [1.82, 2.24) is 10.2 Å². The summed E-state index contributed by atoms with van der Waals surface area (Å²) in [4.78, 5) is 12.1. The lowest BCUT2D eigenvalue weighted by molar-refractivity contribution is 0.102. The highest BCUT2D eigenvalue weighted by Gasteiger charge is 2.11. The summed E-state index contributed by atoms with van der Waals surface area (Å²) in [7, 11) is 0. The second kappa shape index (κ2) is 6.56. The second-order valence-corrected chi connectivity index (χ2v) is 6.71. The Morgan fingerprint density at radius 3 is 2.41 bits per heavy atom. The van der Waals surface area contributed by atoms with Crippen LogP contribution in [0.2, 0.25) is 5.02 Å². The second-order valence-electron chi connectivity index (χ2n) is 4.38. The fraction of sp³-hybridized carbons (Fsp3) is 0. The average Bonchev–Trinajstić information content (AvgIpc) is 2.97. The summed E-state index contributed by atoms with van der Waals surface area (Å²) in [5.74, 6) is -0.216. The molecule has 1 heterocycles. The Balaban J connectivity index is 1.75. The van der Waals surface area contributed by atoms with E-state index in [1.165, 1.54) is 11.3 Å². The van der Waals surface area contributed by atoms with Gasteiger partial charge < -0.3 is 0 Å². The minimum absolute atomic E-state index is 0.216. The van der Waals surface area contributed by atoms with E-state index in [1.807, 2.05) is 24.3 Å². The van der Waals surface area contributed by atoms with Gasteiger partial charge in [-0.3, -0.25) is 10.1 Å². The molecule has 3 aromatic rings. The third kappa shape index (κ3) is 3.52. The molecule has 0 saturated carbocycles. The molecule has 2 aromatic carbocycles. The third-order valence-corrected chi connectivity index (χ3v) is 4.51. The van der Waals surface area contributed by atoms with E-state index in [-0.39, 0.29) is 5.91 Å². The van der Waals surface area contributed by atoms with Crippen LogP contribution in [-0.4, -0.2) is 16.1 Å². The number of carbonyl (C=O) groups is 1. The molecule has 0 atom stereocenters. The zero-order valence-electron chi connectivity index (χ0n) is 11.1. The highest BCUT2D eigenvalue weighted by atomic mass is 79.9. The molecule has 0 bridgehead atoms. The molecular formula is C15H9BrClN3OS. The average molecular weight is 395 g/mol. The molecule has 0 aliphatic rings. The van der Waals surface area contributed by atoms with Crippen LogP contribution >= 0.6 is 38.9 Å². The smallest absolute Gasteiger partial charge is 0.257 e. The van der Waals surface area contributed by atoms with Crippen molar-refractivity contribution in [2.24, 2.45) is 0 Å². The Morgan fingerprint density at radius 2 is 1.73 bits per heavy atom. The van der Waals surface area contributed by atoms with E-state index in [0.717, 1.165) is 15.0 Å². The van der Waals surface area contributed by atoms with Crippen LogP contribution < -0.4 is 5.32 Å². The van der Waals surface area contributed by atoms with E-state index in [1.54, 1.807) is 24.3 Å². The Bertz CT molecular complexity index is 802. The largest absolute Gasteiger partial charge is 0.296 e. The highest BCUT2D eigenvalue weighted by molar-refractivity contribution is 9.10. The predicted molar refractivity (Wildman–Crippen MR) is 92.5 cm³/mol. The minimum Gasteiger partial charge on any atom is -0.296 e. The zero-order chi connectivity index (χ0) is 15.5. The maximum Gasteiger partial charge on any atom is 0.257 e. The molecule has 0 saturated heterocycles. The molecule has 110 valence electrons.